The van der Waals surface area contributed by atoms with E-state index >= 15 is 0 Å². The van der Waals surface area contributed by atoms with Crippen LogP contribution in [0.2, 0.25) is 0 Å². The zero-order valence-electron chi connectivity index (χ0n) is 4.89. The standard InChI is InChI=1S/C6H7N3/c1-3-7-5-2-4-8-9-6(1)5/h1-3,7-8H,4H2. The molecule has 2 N–H and O–H groups in total. The lowest BCUT2D eigenvalue weighted by Gasteiger charge is -1.95. The molecule has 0 saturated heterocycles. The molecule has 2 rings (SSSR count). The molecule has 46 valence electrons. The Morgan fingerprint density at radius 1 is 1.56 bits per heavy atom. The topological polar surface area (TPSA) is 40.2 Å². The highest BCUT2D eigenvalue weighted by Crippen LogP contribution is 1.69. The molecule has 0 amide bonds. The van der Waals surface area contributed by atoms with Gasteiger partial charge in [-0.15, -0.1) is 0 Å². The van der Waals surface area contributed by atoms with E-state index in [0.29, 0.717) is 0 Å². The highest BCUT2D eigenvalue weighted by molar-refractivity contribution is 5.22. The number of rotatable bonds is 0. The smallest absolute Gasteiger partial charge is 0.108 e. The van der Waals surface area contributed by atoms with Crippen LogP contribution in [0.5, 0.6) is 0 Å². The largest absolute Gasteiger partial charge is 0.360 e. The van der Waals surface area contributed by atoms with Crippen LogP contribution in [-0.4, -0.2) is 11.5 Å². The summed E-state index contributed by atoms with van der Waals surface area (Å²) in [4.78, 5) is 3.07. The summed E-state index contributed by atoms with van der Waals surface area (Å²) in [5.41, 5.74) is 2.88. The zero-order chi connectivity index (χ0) is 6.10. The van der Waals surface area contributed by atoms with E-state index in [1.165, 1.54) is 0 Å². The molecular formula is C6H7N3. The van der Waals surface area contributed by atoms with Crippen LogP contribution in [0.1, 0.15) is 0 Å². The summed E-state index contributed by atoms with van der Waals surface area (Å²) in [5, 5.41) is 6.16. The lowest BCUT2D eigenvalue weighted by Crippen LogP contribution is -2.31. The van der Waals surface area contributed by atoms with Crippen molar-refractivity contribution in [1.82, 2.24) is 10.4 Å². The normalized spacial score (nSPS) is 14.7. The number of nitrogens with zero attached hydrogens (tertiary/aromatic N) is 1. The first-order chi connectivity index (χ1) is 4.47. The number of aromatic amines is 1. The fourth-order valence-corrected chi connectivity index (χ4v) is 0.914. The van der Waals surface area contributed by atoms with Gasteiger partial charge >= 0.3 is 0 Å². The molecule has 0 unspecified atom stereocenters. The first kappa shape index (κ1) is 4.61. The third kappa shape index (κ3) is 0.614. The van der Waals surface area contributed by atoms with Gasteiger partial charge in [0.05, 0.1) is 11.9 Å². The lowest BCUT2D eigenvalue weighted by molar-refractivity contribution is 0.789. The molecule has 0 spiro atoms. The minimum atomic E-state index is 0.827. The summed E-state index contributed by atoms with van der Waals surface area (Å²) in [5.74, 6) is 0. The van der Waals surface area contributed by atoms with Gasteiger partial charge in [0.2, 0.25) is 0 Å². The van der Waals surface area contributed by atoms with Crippen molar-refractivity contribution in [3.63, 3.8) is 0 Å². The van der Waals surface area contributed by atoms with Crippen LogP contribution in [0.25, 0.3) is 6.08 Å². The Kier molecular flexibility index (Phi) is 0.828. The molecule has 9 heavy (non-hydrogen) atoms. The van der Waals surface area contributed by atoms with Gasteiger partial charge in [-0.05, 0) is 12.1 Å². The summed E-state index contributed by atoms with van der Waals surface area (Å²) in [6.07, 6.45) is 3.96. The Balaban J connectivity index is 2.89. The monoisotopic (exact) mass is 121 g/mol. The number of nitrogens with one attached hydrogen (secondary N) is 2. The van der Waals surface area contributed by atoms with Crippen molar-refractivity contribution in [2.24, 2.45) is 5.10 Å². The van der Waals surface area contributed by atoms with Crippen LogP contribution in [0.3, 0.4) is 0 Å². The maximum atomic E-state index is 4.04. The van der Waals surface area contributed by atoms with Crippen molar-refractivity contribution in [2.75, 3.05) is 6.54 Å². The average Bonchev–Trinajstić information content (AvgIpc) is 2.33. The van der Waals surface area contributed by atoms with Crippen LogP contribution in [0.15, 0.2) is 17.4 Å². The van der Waals surface area contributed by atoms with Gasteiger partial charge in [-0.25, -0.2) is 0 Å². The van der Waals surface area contributed by atoms with Gasteiger partial charge in [0.25, 0.3) is 0 Å². The Labute approximate surface area is 52.1 Å². The lowest BCUT2D eigenvalue weighted by atomic mass is 10.4. The second-order valence-corrected chi connectivity index (χ2v) is 1.95. The van der Waals surface area contributed by atoms with Gasteiger partial charge < -0.3 is 10.4 Å². The van der Waals surface area contributed by atoms with Crippen LogP contribution in [-0.2, 0) is 0 Å². The molecule has 1 aliphatic heterocycles. The Morgan fingerprint density at radius 2 is 2.56 bits per heavy atom. The van der Waals surface area contributed by atoms with Crippen molar-refractivity contribution in [3.05, 3.63) is 23.0 Å². The quantitative estimate of drug-likeness (QED) is 0.451. The fourth-order valence-electron chi connectivity index (χ4n) is 0.914. The SMILES string of the molecule is C1=c2[nH]ccc2=NNC1. The number of hydrogen-bond donors (Lipinski definition) is 2. The second-order valence-electron chi connectivity index (χ2n) is 1.95. The molecule has 0 fully saturated rings. The minimum absolute atomic E-state index is 0.827. The van der Waals surface area contributed by atoms with Crippen molar-refractivity contribution >= 4 is 6.08 Å². The van der Waals surface area contributed by atoms with Crippen molar-refractivity contribution in [3.8, 4) is 0 Å². The van der Waals surface area contributed by atoms with Gasteiger partial charge in [0, 0.05) is 6.20 Å². The molecule has 0 atom stereocenters. The van der Waals surface area contributed by atoms with E-state index in [9.17, 15) is 0 Å². The molecule has 2 heterocycles. The van der Waals surface area contributed by atoms with E-state index in [1.807, 2.05) is 12.3 Å². The zero-order valence-corrected chi connectivity index (χ0v) is 4.89. The molecular weight excluding hydrogens is 114 g/mol. The first-order valence-electron chi connectivity index (χ1n) is 2.91. The van der Waals surface area contributed by atoms with Gasteiger partial charge in [-0.1, -0.05) is 0 Å². The predicted octanol–water partition coefficient (Wildman–Crippen LogP) is -1.07. The number of aromatic nitrogens is 1. The van der Waals surface area contributed by atoms with E-state index in [0.717, 1.165) is 17.3 Å². The molecule has 1 aromatic rings. The van der Waals surface area contributed by atoms with E-state index in [2.05, 4.69) is 21.6 Å². The summed E-state index contributed by atoms with van der Waals surface area (Å²) in [6, 6.07) is 1.94. The van der Waals surface area contributed by atoms with Gasteiger partial charge in [0.1, 0.15) is 5.36 Å². The van der Waals surface area contributed by atoms with Crippen LogP contribution in [0.4, 0.5) is 0 Å². The summed E-state index contributed by atoms with van der Waals surface area (Å²) in [6.45, 7) is 0.827. The van der Waals surface area contributed by atoms with Crippen LogP contribution < -0.4 is 16.1 Å². The average molecular weight is 121 g/mol. The van der Waals surface area contributed by atoms with Crippen molar-refractivity contribution in [1.29, 1.82) is 0 Å². The predicted molar refractivity (Wildman–Crippen MR) is 34.0 cm³/mol. The molecule has 0 aromatic carbocycles. The molecule has 0 saturated carbocycles. The van der Waals surface area contributed by atoms with E-state index in [1.54, 1.807) is 0 Å². The maximum Gasteiger partial charge on any atom is 0.108 e. The molecule has 0 bridgehead atoms. The number of H-pyrrole nitrogens is 1. The molecule has 0 radical (unpaired) electrons. The van der Waals surface area contributed by atoms with Gasteiger partial charge in [0.15, 0.2) is 0 Å². The summed E-state index contributed by atoms with van der Waals surface area (Å²) < 4.78 is 0. The van der Waals surface area contributed by atoms with Crippen LogP contribution >= 0.6 is 0 Å². The molecule has 1 aliphatic rings. The first-order valence-corrected chi connectivity index (χ1v) is 2.91. The molecule has 0 aliphatic carbocycles. The fraction of sp³-hybridized carbons (Fsp3) is 0.167. The Bertz CT molecular complexity index is 279. The van der Waals surface area contributed by atoms with Crippen molar-refractivity contribution < 1.29 is 0 Å². The maximum absolute atomic E-state index is 4.04. The van der Waals surface area contributed by atoms with E-state index < -0.39 is 0 Å². The second kappa shape index (κ2) is 1.62. The van der Waals surface area contributed by atoms with Crippen LogP contribution in [0, 0.1) is 0 Å². The van der Waals surface area contributed by atoms with E-state index in [4.69, 9.17) is 0 Å². The Hall–Kier alpha value is -1.25. The number of hydrogen-bond acceptors (Lipinski definition) is 2. The third-order valence-corrected chi connectivity index (χ3v) is 1.35. The van der Waals surface area contributed by atoms with Crippen molar-refractivity contribution in [2.45, 2.75) is 0 Å². The third-order valence-electron chi connectivity index (χ3n) is 1.35. The highest BCUT2D eigenvalue weighted by atomic mass is 15.3. The highest BCUT2D eigenvalue weighted by Gasteiger charge is 1.90. The van der Waals surface area contributed by atoms with E-state index in [-0.39, 0.29) is 0 Å². The minimum Gasteiger partial charge on any atom is -0.360 e. The number of fused-ring (bicyclic) bond motifs is 1. The summed E-state index contributed by atoms with van der Waals surface area (Å²) >= 11 is 0. The van der Waals surface area contributed by atoms with Gasteiger partial charge in [-0.2, -0.15) is 5.10 Å². The molecule has 3 nitrogen and oxygen atoms in total. The van der Waals surface area contributed by atoms with Gasteiger partial charge in [-0.3, -0.25) is 0 Å². The molecule has 1 aromatic heterocycles. The summed E-state index contributed by atoms with van der Waals surface area (Å²) in [7, 11) is 0. The Morgan fingerprint density at radius 3 is 3.44 bits per heavy atom. The molecule has 3 heteroatoms.